The van der Waals surface area contributed by atoms with Crippen molar-refractivity contribution in [2.75, 3.05) is 20.2 Å². The number of piperidine rings is 1. The summed E-state index contributed by atoms with van der Waals surface area (Å²) in [4.78, 5) is 11.9. The minimum Gasteiger partial charge on any atom is -0.465 e. The van der Waals surface area contributed by atoms with E-state index in [2.05, 4.69) is 14.9 Å². The molecule has 3 heterocycles. The number of aromatic nitrogens is 2. The van der Waals surface area contributed by atoms with Crippen molar-refractivity contribution >= 4 is 27.3 Å². The third-order valence-electron chi connectivity index (χ3n) is 4.80. The number of carbonyl (C=O) groups is 1. The van der Waals surface area contributed by atoms with E-state index in [1.807, 2.05) is 0 Å². The molecule has 8 nitrogen and oxygen atoms in total. The number of esters is 1. The van der Waals surface area contributed by atoms with E-state index >= 15 is 0 Å². The smallest absolute Gasteiger partial charge is 0.349 e. The maximum atomic E-state index is 12.9. The van der Waals surface area contributed by atoms with E-state index < -0.39 is 16.0 Å². The molecular formula is C16H19N3O5S2. The number of thiophene rings is 1. The normalized spacial score (nSPS) is 19.6. The lowest BCUT2D eigenvalue weighted by Gasteiger charge is -2.29. The summed E-state index contributed by atoms with van der Waals surface area (Å²) in [5.41, 5.74) is 0. The third-order valence-corrected chi connectivity index (χ3v) is 7.77. The summed E-state index contributed by atoms with van der Waals surface area (Å²) >= 11 is 1.07. The van der Waals surface area contributed by atoms with Crippen LogP contribution in [0.25, 0.3) is 0 Å². The fourth-order valence-corrected chi connectivity index (χ4v) is 5.91. The second kappa shape index (κ2) is 6.75. The van der Waals surface area contributed by atoms with Gasteiger partial charge in [0.2, 0.25) is 21.8 Å². The minimum absolute atomic E-state index is 0.0154. The molecule has 2 fully saturated rings. The molecule has 0 bridgehead atoms. The molecule has 2 aromatic rings. The molecule has 0 N–H and O–H groups in total. The Bertz CT molecular complexity index is 908. The fraction of sp³-hybridized carbons (Fsp3) is 0.562. The lowest BCUT2D eigenvalue weighted by molar-refractivity contribution is 0.0602. The van der Waals surface area contributed by atoms with Crippen LogP contribution in [-0.4, -0.2) is 49.1 Å². The van der Waals surface area contributed by atoms with Crippen LogP contribution in [0.4, 0.5) is 0 Å². The number of nitrogens with zero attached hydrogens (tertiary/aromatic N) is 3. The van der Waals surface area contributed by atoms with E-state index in [1.165, 1.54) is 17.5 Å². The molecule has 0 spiro atoms. The van der Waals surface area contributed by atoms with Gasteiger partial charge in [0.05, 0.1) is 7.11 Å². The van der Waals surface area contributed by atoms with Gasteiger partial charge >= 0.3 is 5.97 Å². The SMILES string of the molecule is COC(=O)c1sccc1S(=O)(=O)N1CCC(c2nnc(C3CC3)o2)CC1. The molecule has 1 aliphatic heterocycles. The van der Waals surface area contributed by atoms with E-state index in [0.717, 1.165) is 24.2 Å². The van der Waals surface area contributed by atoms with Crippen molar-refractivity contribution in [2.45, 2.75) is 42.4 Å². The molecule has 1 saturated heterocycles. The molecule has 2 aliphatic rings. The summed E-state index contributed by atoms with van der Waals surface area (Å²) in [6, 6.07) is 1.46. The number of carbonyl (C=O) groups excluding carboxylic acids is 1. The molecular weight excluding hydrogens is 378 g/mol. The fourth-order valence-electron chi connectivity index (χ4n) is 3.13. The van der Waals surface area contributed by atoms with E-state index in [-0.39, 0.29) is 15.7 Å². The number of ether oxygens (including phenoxy) is 1. The quantitative estimate of drug-likeness (QED) is 0.714. The first kappa shape index (κ1) is 17.6. The van der Waals surface area contributed by atoms with Crippen LogP contribution in [0.3, 0.4) is 0 Å². The number of hydrogen-bond acceptors (Lipinski definition) is 8. The average molecular weight is 397 g/mol. The van der Waals surface area contributed by atoms with Crippen LogP contribution in [0.15, 0.2) is 20.8 Å². The van der Waals surface area contributed by atoms with Crippen LogP contribution >= 0.6 is 11.3 Å². The molecule has 0 radical (unpaired) electrons. The van der Waals surface area contributed by atoms with Gasteiger partial charge in [0, 0.05) is 24.9 Å². The molecule has 4 rings (SSSR count). The highest BCUT2D eigenvalue weighted by Crippen LogP contribution is 2.40. The van der Waals surface area contributed by atoms with Crippen LogP contribution in [-0.2, 0) is 14.8 Å². The molecule has 0 atom stereocenters. The second-order valence-electron chi connectivity index (χ2n) is 6.54. The Morgan fingerprint density at radius 3 is 2.38 bits per heavy atom. The van der Waals surface area contributed by atoms with Gasteiger partial charge in [-0.15, -0.1) is 21.5 Å². The first-order valence-corrected chi connectivity index (χ1v) is 10.8. The molecule has 10 heteroatoms. The summed E-state index contributed by atoms with van der Waals surface area (Å²) in [5, 5.41) is 9.83. The Morgan fingerprint density at radius 1 is 1.19 bits per heavy atom. The highest BCUT2D eigenvalue weighted by molar-refractivity contribution is 7.89. The van der Waals surface area contributed by atoms with E-state index in [0.29, 0.717) is 43.6 Å². The zero-order valence-electron chi connectivity index (χ0n) is 14.3. The highest BCUT2D eigenvalue weighted by atomic mass is 32.2. The molecule has 26 heavy (non-hydrogen) atoms. The van der Waals surface area contributed by atoms with Crippen molar-refractivity contribution in [3.8, 4) is 0 Å². The van der Waals surface area contributed by atoms with Gasteiger partial charge in [-0.1, -0.05) is 0 Å². The number of sulfonamides is 1. The largest absolute Gasteiger partial charge is 0.465 e. The summed E-state index contributed by atoms with van der Waals surface area (Å²) in [7, 11) is -2.49. The Morgan fingerprint density at radius 2 is 1.81 bits per heavy atom. The molecule has 1 aliphatic carbocycles. The van der Waals surface area contributed by atoms with Crippen molar-refractivity contribution in [1.29, 1.82) is 0 Å². The predicted octanol–water partition coefficient (Wildman–Crippen LogP) is 2.36. The topological polar surface area (TPSA) is 103 Å². The van der Waals surface area contributed by atoms with E-state index in [1.54, 1.807) is 5.38 Å². The summed E-state index contributed by atoms with van der Waals surface area (Å²) < 4.78 is 37.7. The second-order valence-corrected chi connectivity index (χ2v) is 9.36. The van der Waals surface area contributed by atoms with Crippen LogP contribution in [0, 0.1) is 0 Å². The molecule has 1 saturated carbocycles. The summed E-state index contributed by atoms with van der Waals surface area (Å²) in [5.74, 6) is 1.16. The lowest BCUT2D eigenvalue weighted by atomic mass is 9.98. The Hall–Kier alpha value is -1.78. The maximum Gasteiger partial charge on any atom is 0.349 e. The van der Waals surface area contributed by atoms with Gasteiger partial charge in [-0.3, -0.25) is 0 Å². The zero-order chi connectivity index (χ0) is 18.3. The minimum atomic E-state index is -3.73. The van der Waals surface area contributed by atoms with Gasteiger partial charge in [0.1, 0.15) is 9.77 Å². The Kier molecular flexibility index (Phi) is 4.57. The van der Waals surface area contributed by atoms with E-state index in [4.69, 9.17) is 4.42 Å². The van der Waals surface area contributed by atoms with Gasteiger partial charge in [-0.2, -0.15) is 4.31 Å². The van der Waals surface area contributed by atoms with Crippen LogP contribution < -0.4 is 0 Å². The van der Waals surface area contributed by atoms with Gasteiger partial charge in [0.25, 0.3) is 0 Å². The maximum absolute atomic E-state index is 12.9. The summed E-state index contributed by atoms with van der Waals surface area (Å²) in [6.45, 7) is 0.704. The van der Waals surface area contributed by atoms with E-state index in [9.17, 15) is 13.2 Å². The van der Waals surface area contributed by atoms with Gasteiger partial charge in [0.15, 0.2) is 0 Å². The zero-order valence-corrected chi connectivity index (χ0v) is 15.9. The first-order chi connectivity index (χ1) is 12.5. The van der Waals surface area contributed by atoms with Crippen molar-refractivity contribution in [3.05, 3.63) is 28.1 Å². The third kappa shape index (κ3) is 3.17. The van der Waals surface area contributed by atoms with Crippen molar-refractivity contribution < 1.29 is 22.4 Å². The molecule has 0 aromatic carbocycles. The average Bonchev–Trinajstić information content (AvgIpc) is 3.18. The number of rotatable bonds is 5. The lowest BCUT2D eigenvalue weighted by Crippen LogP contribution is -2.38. The summed E-state index contributed by atoms with van der Waals surface area (Å²) in [6.07, 6.45) is 3.43. The van der Waals surface area contributed by atoms with Crippen LogP contribution in [0.2, 0.25) is 0 Å². The number of methoxy groups -OCH3 is 1. The standard InChI is InChI=1S/C16H19N3O5S2/c1-23-16(20)13-12(6-9-25-13)26(21,22)19-7-4-11(5-8-19)15-18-17-14(24-15)10-2-3-10/h6,9-11H,2-5,7-8H2,1H3. The molecule has 140 valence electrons. The van der Waals surface area contributed by atoms with Gasteiger partial charge in [-0.05, 0) is 37.1 Å². The van der Waals surface area contributed by atoms with Crippen LogP contribution in [0.5, 0.6) is 0 Å². The molecule has 0 amide bonds. The van der Waals surface area contributed by atoms with Crippen molar-refractivity contribution in [3.63, 3.8) is 0 Å². The van der Waals surface area contributed by atoms with Crippen molar-refractivity contribution in [2.24, 2.45) is 0 Å². The highest BCUT2D eigenvalue weighted by Gasteiger charge is 2.36. The first-order valence-electron chi connectivity index (χ1n) is 8.50. The van der Waals surface area contributed by atoms with Gasteiger partial charge < -0.3 is 9.15 Å². The molecule has 2 aromatic heterocycles. The predicted molar refractivity (Wildman–Crippen MR) is 92.7 cm³/mol. The van der Waals surface area contributed by atoms with Crippen molar-refractivity contribution in [1.82, 2.24) is 14.5 Å². The Balaban J connectivity index is 1.46. The van der Waals surface area contributed by atoms with Gasteiger partial charge in [-0.25, -0.2) is 13.2 Å². The Labute approximate surface area is 155 Å². The number of hydrogen-bond donors (Lipinski definition) is 0. The monoisotopic (exact) mass is 397 g/mol. The molecule has 0 unspecified atom stereocenters. The van der Waals surface area contributed by atoms with Crippen LogP contribution in [0.1, 0.15) is 59.0 Å².